The van der Waals surface area contributed by atoms with Crippen LogP contribution in [0.3, 0.4) is 0 Å². The van der Waals surface area contributed by atoms with Gasteiger partial charge in [-0.15, -0.1) is 0 Å². The van der Waals surface area contributed by atoms with E-state index in [2.05, 4.69) is 14.8 Å². The number of rotatable bonds is 4. The van der Waals surface area contributed by atoms with Gasteiger partial charge < -0.3 is 4.74 Å². The van der Waals surface area contributed by atoms with Gasteiger partial charge in [-0.25, -0.2) is 13.2 Å². The number of aromatic nitrogens is 3. The fraction of sp³-hybridized carbons (Fsp3) is 0.250. The second kappa shape index (κ2) is 5.52. The van der Waals surface area contributed by atoms with Crippen LogP contribution in [0.2, 0.25) is 0 Å². The Bertz CT molecular complexity index is 765. The Labute approximate surface area is 121 Å². The predicted octanol–water partition coefficient (Wildman–Crippen LogP) is 0.640. The van der Waals surface area contributed by atoms with Gasteiger partial charge >= 0.3 is 5.97 Å². The maximum atomic E-state index is 11.7. The van der Waals surface area contributed by atoms with E-state index in [0.29, 0.717) is 16.9 Å². The average molecular weight is 310 g/mol. The molecule has 8 nitrogen and oxygen atoms in total. The first-order valence-electron chi connectivity index (χ1n) is 5.86. The van der Waals surface area contributed by atoms with E-state index >= 15 is 0 Å². The first-order valence-corrected chi connectivity index (χ1v) is 7.75. The highest BCUT2D eigenvalue weighted by atomic mass is 32.2. The van der Waals surface area contributed by atoms with Crippen molar-refractivity contribution in [2.24, 2.45) is 7.05 Å². The van der Waals surface area contributed by atoms with Crippen LogP contribution in [-0.2, 0) is 21.8 Å². The zero-order valence-electron chi connectivity index (χ0n) is 11.7. The number of hydrogen-bond acceptors (Lipinski definition) is 6. The van der Waals surface area contributed by atoms with Crippen molar-refractivity contribution in [3.05, 3.63) is 30.2 Å². The molecule has 2 aromatic rings. The van der Waals surface area contributed by atoms with Gasteiger partial charge in [0.25, 0.3) is 0 Å². The molecule has 0 atom stereocenters. The third-order valence-electron chi connectivity index (χ3n) is 2.66. The number of methoxy groups -OCH3 is 1. The molecule has 0 aliphatic rings. The summed E-state index contributed by atoms with van der Waals surface area (Å²) in [5.41, 5.74) is 1.61. The third-order valence-corrected chi connectivity index (χ3v) is 3.27. The van der Waals surface area contributed by atoms with Gasteiger partial charge in [0.1, 0.15) is 0 Å². The lowest BCUT2D eigenvalue weighted by atomic mass is 10.1. The van der Waals surface area contributed by atoms with E-state index in [1.54, 1.807) is 19.2 Å². The molecule has 2 heterocycles. The number of nitrogens with zero attached hydrogens (tertiary/aromatic N) is 3. The summed E-state index contributed by atoms with van der Waals surface area (Å²) in [7, 11) is -0.453. The molecule has 112 valence electrons. The smallest absolute Gasteiger partial charge is 0.357 e. The molecule has 0 amide bonds. The Morgan fingerprint density at radius 2 is 2.05 bits per heavy atom. The van der Waals surface area contributed by atoms with Gasteiger partial charge in [-0.2, -0.15) is 5.10 Å². The number of ether oxygens (including phenoxy) is 1. The average Bonchev–Trinajstić information content (AvgIpc) is 2.79. The molecule has 21 heavy (non-hydrogen) atoms. The van der Waals surface area contributed by atoms with Gasteiger partial charge in [-0.1, -0.05) is 0 Å². The van der Waals surface area contributed by atoms with E-state index in [9.17, 15) is 13.2 Å². The van der Waals surface area contributed by atoms with E-state index in [1.807, 2.05) is 0 Å². The predicted molar refractivity (Wildman–Crippen MR) is 76.2 cm³/mol. The fourth-order valence-corrected chi connectivity index (χ4v) is 2.34. The minimum atomic E-state index is -3.36. The van der Waals surface area contributed by atoms with Crippen molar-refractivity contribution in [3.63, 3.8) is 0 Å². The fourth-order valence-electron chi connectivity index (χ4n) is 1.79. The molecule has 0 aliphatic carbocycles. The quantitative estimate of drug-likeness (QED) is 0.831. The zero-order chi connectivity index (χ0) is 15.6. The van der Waals surface area contributed by atoms with Crippen molar-refractivity contribution in [2.45, 2.75) is 0 Å². The summed E-state index contributed by atoms with van der Waals surface area (Å²) in [5.74, 6) is -0.523. The lowest BCUT2D eigenvalue weighted by molar-refractivity contribution is 0.0589. The molecule has 0 radical (unpaired) electrons. The highest BCUT2D eigenvalue weighted by molar-refractivity contribution is 7.92. The Kier molecular flexibility index (Phi) is 3.94. The van der Waals surface area contributed by atoms with Crippen LogP contribution in [0.4, 0.5) is 5.69 Å². The zero-order valence-corrected chi connectivity index (χ0v) is 12.5. The highest BCUT2D eigenvalue weighted by Gasteiger charge is 2.19. The summed E-state index contributed by atoms with van der Waals surface area (Å²) in [6.45, 7) is 0. The minimum Gasteiger partial charge on any atom is -0.464 e. The van der Waals surface area contributed by atoms with Crippen molar-refractivity contribution >= 4 is 21.7 Å². The molecule has 9 heteroatoms. The topological polar surface area (TPSA) is 103 Å². The molecule has 2 rings (SSSR count). The lowest BCUT2D eigenvalue weighted by Crippen LogP contribution is -2.10. The third kappa shape index (κ3) is 3.37. The van der Waals surface area contributed by atoms with Crippen molar-refractivity contribution in [1.29, 1.82) is 0 Å². The van der Waals surface area contributed by atoms with Gasteiger partial charge in [-0.05, 0) is 12.1 Å². The molecule has 0 spiro atoms. The lowest BCUT2D eigenvalue weighted by Gasteiger charge is -2.06. The van der Waals surface area contributed by atoms with Crippen molar-refractivity contribution in [2.75, 3.05) is 18.1 Å². The van der Waals surface area contributed by atoms with Gasteiger partial charge in [0.2, 0.25) is 10.0 Å². The van der Waals surface area contributed by atoms with Gasteiger partial charge in [0, 0.05) is 7.05 Å². The van der Waals surface area contributed by atoms with Crippen LogP contribution in [-0.4, -0.2) is 42.5 Å². The van der Waals surface area contributed by atoms with Crippen LogP contribution in [0, 0.1) is 0 Å². The molecule has 0 saturated heterocycles. The Morgan fingerprint density at radius 3 is 2.57 bits per heavy atom. The molecule has 0 bridgehead atoms. The maximum Gasteiger partial charge on any atom is 0.357 e. The number of hydrogen-bond donors (Lipinski definition) is 1. The number of carbonyl (C=O) groups excluding carboxylic acids is 1. The number of nitrogens with one attached hydrogen (secondary N) is 1. The number of anilines is 1. The Morgan fingerprint density at radius 1 is 1.33 bits per heavy atom. The number of aryl methyl sites for hydroxylation is 1. The van der Waals surface area contributed by atoms with Crippen molar-refractivity contribution in [3.8, 4) is 11.3 Å². The van der Waals surface area contributed by atoms with E-state index in [1.165, 1.54) is 24.2 Å². The molecule has 0 aliphatic heterocycles. The first kappa shape index (κ1) is 15.0. The number of pyridine rings is 1. The molecule has 0 saturated carbocycles. The summed E-state index contributed by atoms with van der Waals surface area (Å²) in [5, 5.41) is 4.01. The number of esters is 1. The van der Waals surface area contributed by atoms with Crippen LogP contribution in [0.15, 0.2) is 24.5 Å². The second-order valence-corrected chi connectivity index (χ2v) is 6.08. The summed E-state index contributed by atoms with van der Waals surface area (Å²) in [4.78, 5) is 15.9. The molecule has 0 fully saturated rings. The van der Waals surface area contributed by atoms with Gasteiger partial charge in [0.05, 0.1) is 42.7 Å². The summed E-state index contributed by atoms with van der Waals surface area (Å²) >= 11 is 0. The SMILES string of the molecule is COC(=O)c1c(-c2ccc(NS(C)(=O)=O)cn2)cnn1C. The van der Waals surface area contributed by atoms with E-state index in [-0.39, 0.29) is 5.69 Å². The van der Waals surface area contributed by atoms with Crippen molar-refractivity contribution in [1.82, 2.24) is 14.8 Å². The van der Waals surface area contributed by atoms with Gasteiger partial charge in [0.15, 0.2) is 5.69 Å². The van der Waals surface area contributed by atoms with Crippen LogP contribution in [0.1, 0.15) is 10.5 Å². The second-order valence-electron chi connectivity index (χ2n) is 4.33. The van der Waals surface area contributed by atoms with E-state index < -0.39 is 16.0 Å². The van der Waals surface area contributed by atoms with Crippen LogP contribution < -0.4 is 4.72 Å². The largest absolute Gasteiger partial charge is 0.464 e. The molecular weight excluding hydrogens is 296 g/mol. The van der Waals surface area contributed by atoms with Crippen LogP contribution in [0.5, 0.6) is 0 Å². The minimum absolute atomic E-state index is 0.272. The maximum absolute atomic E-state index is 11.7. The van der Waals surface area contributed by atoms with Crippen molar-refractivity contribution < 1.29 is 17.9 Å². The van der Waals surface area contributed by atoms with Crippen LogP contribution >= 0.6 is 0 Å². The standard InChI is InChI=1S/C12H14N4O4S/c1-16-11(12(17)20-2)9(7-14-16)10-5-4-8(6-13-10)15-21(3,18)19/h4-7,15H,1-3H3. The first-order chi connectivity index (χ1) is 9.81. The monoisotopic (exact) mass is 310 g/mol. The molecular formula is C12H14N4O4S. The molecule has 0 aromatic carbocycles. The van der Waals surface area contributed by atoms with E-state index in [0.717, 1.165) is 6.26 Å². The Hall–Kier alpha value is -2.42. The van der Waals surface area contributed by atoms with Crippen LogP contribution in [0.25, 0.3) is 11.3 Å². The summed E-state index contributed by atoms with van der Waals surface area (Å²) < 4.78 is 30.7. The number of carbonyl (C=O) groups is 1. The molecule has 2 aromatic heterocycles. The summed E-state index contributed by atoms with van der Waals surface area (Å²) in [6, 6.07) is 3.15. The Balaban J connectivity index is 2.38. The van der Waals surface area contributed by atoms with E-state index in [4.69, 9.17) is 4.74 Å². The normalized spacial score (nSPS) is 11.2. The number of sulfonamides is 1. The molecule has 1 N–H and O–H groups in total. The summed E-state index contributed by atoms with van der Waals surface area (Å²) in [6.07, 6.45) is 3.92. The highest BCUT2D eigenvalue weighted by Crippen LogP contribution is 2.23. The molecule has 0 unspecified atom stereocenters. The van der Waals surface area contributed by atoms with Gasteiger partial charge in [-0.3, -0.25) is 14.4 Å².